The topological polar surface area (TPSA) is 71.2 Å². The van der Waals surface area contributed by atoms with Crippen molar-refractivity contribution < 1.29 is 9.47 Å². The van der Waals surface area contributed by atoms with E-state index in [-0.39, 0.29) is 5.69 Å². The molecule has 1 aromatic carbocycles. The second-order valence-electron chi connectivity index (χ2n) is 6.47. The first-order chi connectivity index (χ1) is 13.7. The smallest absolute Gasteiger partial charge is 0.330 e. The first-order valence-electron chi connectivity index (χ1n) is 9.45. The van der Waals surface area contributed by atoms with E-state index in [4.69, 9.17) is 21.1 Å². The fourth-order valence-corrected chi connectivity index (χ4v) is 3.07. The van der Waals surface area contributed by atoms with Crippen molar-refractivity contribution in [3.63, 3.8) is 0 Å². The van der Waals surface area contributed by atoms with Crippen LogP contribution in [0.4, 0.5) is 0 Å². The van der Waals surface area contributed by atoms with Gasteiger partial charge in [-0.15, -0.1) is 11.6 Å². The van der Waals surface area contributed by atoms with Gasteiger partial charge in [-0.05, 0) is 30.5 Å². The van der Waals surface area contributed by atoms with Crippen LogP contribution >= 0.6 is 11.6 Å². The molecular formula is C20H25ClN4O3. The van der Waals surface area contributed by atoms with Crippen LogP contribution < -0.4 is 15.2 Å². The quantitative estimate of drug-likeness (QED) is 0.382. The molecule has 0 radical (unpaired) electrons. The summed E-state index contributed by atoms with van der Waals surface area (Å²) in [5.41, 5.74) is 2.10. The van der Waals surface area contributed by atoms with Crippen molar-refractivity contribution in [3.8, 4) is 11.8 Å². The molecule has 0 N–H and O–H groups in total. The molecule has 7 nitrogen and oxygen atoms in total. The summed E-state index contributed by atoms with van der Waals surface area (Å²) in [6, 6.07) is 7.92. The maximum atomic E-state index is 13.0. The lowest BCUT2D eigenvalue weighted by Gasteiger charge is -2.06. The molecule has 150 valence electrons. The molecule has 0 atom stereocenters. The molecule has 0 saturated carbocycles. The van der Waals surface area contributed by atoms with Crippen LogP contribution in [0.25, 0.3) is 11.2 Å². The minimum atomic E-state index is -0.129. The molecule has 0 fully saturated rings. The van der Waals surface area contributed by atoms with Crippen LogP contribution in [0, 0.1) is 0 Å². The third-order valence-electron chi connectivity index (χ3n) is 4.48. The Balaban J connectivity index is 2.00. The Kier molecular flexibility index (Phi) is 6.92. The maximum Gasteiger partial charge on any atom is 0.330 e. The Morgan fingerprint density at radius 3 is 2.61 bits per heavy atom. The molecule has 3 aromatic rings. The fourth-order valence-electron chi connectivity index (χ4n) is 2.95. The lowest BCUT2D eigenvalue weighted by molar-refractivity contribution is 0.286. The van der Waals surface area contributed by atoms with Crippen molar-refractivity contribution in [2.24, 2.45) is 0 Å². The van der Waals surface area contributed by atoms with Crippen LogP contribution in [-0.2, 0) is 13.1 Å². The number of rotatable bonds is 10. The van der Waals surface area contributed by atoms with Gasteiger partial charge in [-0.3, -0.25) is 9.13 Å². The van der Waals surface area contributed by atoms with Gasteiger partial charge in [-0.2, -0.15) is 4.98 Å². The highest BCUT2D eigenvalue weighted by Gasteiger charge is 2.16. The maximum absolute atomic E-state index is 13.0. The molecule has 0 spiro atoms. The fraction of sp³-hybridized carbons (Fsp3) is 0.450. The molecule has 0 aliphatic heterocycles. The van der Waals surface area contributed by atoms with Crippen molar-refractivity contribution in [2.75, 3.05) is 19.6 Å². The Labute approximate surface area is 168 Å². The zero-order valence-electron chi connectivity index (χ0n) is 16.2. The van der Waals surface area contributed by atoms with E-state index in [1.165, 1.54) is 0 Å². The van der Waals surface area contributed by atoms with Crippen molar-refractivity contribution in [3.05, 3.63) is 46.5 Å². The van der Waals surface area contributed by atoms with Gasteiger partial charge in [0.2, 0.25) is 0 Å². The van der Waals surface area contributed by atoms with Crippen molar-refractivity contribution in [1.82, 2.24) is 19.1 Å². The molecule has 0 bridgehead atoms. The number of aryl methyl sites for hydroxylation is 1. The molecule has 28 heavy (non-hydrogen) atoms. The van der Waals surface area contributed by atoms with Gasteiger partial charge in [0.05, 0.1) is 26.5 Å². The summed E-state index contributed by atoms with van der Waals surface area (Å²) in [4.78, 5) is 21.8. The molecule has 8 heteroatoms. The van der Waals surface area contributed by atoms with Crippen LogP contribution in [-0.4, -0.2) is 38.7 Å². The van der Waals surface area contributed by atoms with E-state index in [0.717, 1.165) is 24.2 Å². The summed E-state index contributed by atoms with van der Waals surface area (Å²) in [7, 11) is 1.63. The average molecular weight is 405 g/mol. The van der Waals surface area contributed by atoms with Crippen LogP contribution in [0.2, 0.25) is 0 Å². The molecule has 0 unspecified atom stereocenters. The van der Waals surface area contributed by atoms with Crippen LogP contribution in [0.15, 0.2) is 35.3 Å². The highest BCUT2D eigenvalue weighted by Crippen LogP contribution is 2.17. The lowest BCUT2D eigenvalue weighted by Crippen LogP contribution is -2.25. The van der Waals surface area contributed by atoms with Crippen LogP contribution in [0.3, 0.4) is 0 Å². The van der Waals surface area contributed by atoms with Gasteiger partial charge in [-0.25, -0.2) is 9.78 Å². The molecular weight excluding hydrogens is 380 g/mol. The molecule has 0 amide bonds. The van der Waals surface area contributed by atoms with Crippen molar-refractivity contribution in [2.45, 2.75) is 39.3 Å². The normalized spacial score (nSPS) is 11.1. The highest BCUT2D eigenvalue weighted by atomic mass is 35.5. The minimum absolute atomic E-state index is 0.129. The first-order valence-corrected chi connectivity index (χ1v) is 9.99. The van der Waals surface area contributed by atoms with Crippen molar-refractivity contribution in [1.29, 1.82) is 0 Å². The second kappa shape index (κ2) is 9.59. The van der Waals surface area contributed by atoms with Gasteiger partial charge >= 0.3 is 11.7 Å². The molecule has 0 aliphatic rings. The van der Waals surface area contributed by atoms with Crippen LogP contribution in [0.5, 0.6) is 11.8 Å². The van der Waals surface area contributed by atoms with Gasteiger partial charge in [0.25, 0.3) is 0 Å². The monoisotopic (exact) mass is 404 g/mol. The highest BCUT2D eigenvalue weighted by molar-refractivity contribution is 6.17. The number of methoxy groups -OCH3 is 1. The first kappa shape index (κ1) is 20.2. The summed E-state index contributed by atoms with van der Waals surface area (Å²) in [5.74, 6) is 1.26. The van der Waals surface area contributed by atoms with Crippen LogP contribution in [0.1, 0.15) is 31.7 Å². The number of nitrogens with zero attached hydrogens (tertiary/aromatic N) is 4. The lowest BCUT2D eigenvalue weighted by atomic mass is 10.2. The Morgan fingerprint density at radius 1 is 1.14 bits per heavy atom. The Bertz CT molecular complexity index is 966. The molecule has 2 aromatic heterocycles. The number of benzene rings is 1. The molecule has 3 rings (SSSR count). The Hall–Kier alpha value is -2.54. The number of imidazole rings is 1. The number of hydrogen-bond acceptors (Lipinski definition) is 5. The SMILES string of the molecule is CCCCOc1ncc2c(n1)n(Cc1ccc(OC)cc1)c(=O)n2CCCCl. The minimum Gasteiger partial charge on any atom is -0.497 e. The van der Waals surface area contributed by atoms with E-state index in [2.05, 4.69) is 16.9 Å². The molecule has 0 saturated heterocycles. The largest absolute Gasteiger partial charge is 0.497 e. The zero-order chi connectivity index (χ0) is 19.9. The summed E-state index contributed by atoms with van der Waals surface area (Å²) >= 11 is 5.83. The van der Waals surface area contributed by atoms with Crippen molar-refractivity contribution >= 4 is 22.8 Å². The third-order valence-corrected chi connectivity index (χ3v) is 4.75. The summed E-state index contributed by atoms with van der Waals surface area (Å²) in [6.45, 7) is 3.57. The van der Waals surface area contributed by atoms with E-state index in [9.17, 15) is 4.79 Å². The van der Waals surface area contributed by atoms with E-state index < -0.39 is 0 Å². The standard InChI is InChI=1S/C20H25ClN4O3/c1-3-4-12-28-19-22-13-17-18(23-19)25(20(26)24(17)11-5-10-21)14-15-6-8-16(27-2)9-7-15/h6-9,13H,3-5,10-12,14H2,1-2H3. The number of fused-ring (bicyclic) bond motifs is 1. The summed E-state index contributed by atoms with van der Waals surface area (Å²) in [6.07, 6.45) is 4.30. The molecule has 0 aliphatic carbocycles. The van der Waals surface area contributed by atoms with Gasteiger partial charge in [0.1, 0.15) is 11.3 Å². The average Bonchev–Trinajstić information content (AvgIpc) is 2.98. The van der Waals surface area contributed by atoms with E-state index in [0.29, 0.717) is 49.2 Å². The number of ether oxygens (including phenoxy) is 2. The van der Waals surface area contributed by atoms with Gasteiger partial charge in [0, 0.05) is 12.4 Å². The Morgan fingerprint density at radius 2 is 1.93 bits per heavy atom. The summed E-state index contributed by atoms with van der Waals surface area (Å²) < 4.78 is 14.2. The van der Waals surface area contributed by atoms with Gasteiger partial charge < -0.3 is 9.47 Å². The number of halogens is 1. The van der Waals surface area contributed by atoms with E-state index >= 15 is 0 Å². The zero-order valence-corrected chi connectivity index (χ0v) is 17.0. The van der Waals surface area contributed by atoms with Gasteiger partial charge in [-0.1, -0.05) is 25.5 Å². The predicted molar refractivity (Wildman–Crippen MR) is 110 cm³/mol. The summed E-state index contributed by atoms with van der Waals surface area (Å²) in [5, 5.41) is 0. The molecule has 2 heterocycles. The van der Waals surface area contributed by atoms with Gasteiger partial charge in [0.15, 0.2) is 5.65 Å². The number of unbranched alkanes of at least 4 members (excludes halogenated alkanes) is 1. The second-order valence-corrected chi connectivity index (χ2v) is 6.85. The number of aromatic nitrogens is 4. The van der Waals surface area contributed by atoms with E-state index in [1.807, 2.05) is 24.3 Å². The predicted octanol–water partition coefficient (Wildman–Crippen LogP) is 3.46. The van der Waals surface area contributed by atoms with E-state index in [1.54, 1.807) is 22.4 Å². The number of alkyl halides is 1. The number of hydrogen-bond donors (Lipinski definition) is 0. The third kappa shape index (κ3) is 4.47.